The lowest BCUT2D eigenvalue weighted by atomic mass is 10.4. The van der Waals surface area contributed by atoms with Crippen LogP contribution in [-0.2, 0) is 0 Å². The number of aromatic nitrogens is 3. The van der Waals surface area contributed by atoms with Crippen molar-refractivity contribution in [3.05, 3.63) is 18.5 Å². The number of nitrogens with zero attached hydrogens (tertiary/aromatic N) is 2. The van der Waals surface area contributed by atoms with Gasteiger partial charge < -0.3 is 10.3 Å². The second-order valence-electron chi connectivity index (χ2n) is 2.94. The monoisotopic (exact) mass is 216 g/mol. The number of aromatic amines is 1. The molecule has 2 heterocycles. The number of anilines is 1. The maximum absolute atomic E-state index is 11.9. The third-order valence-electron chi connectivity index (χ3n) is 1.75. The van der Waals surface area contributed by atoms with Crippen LogP contribution in [0.25, 0.3) is 11.0 Å². The van der Waals surface area contributed by atoms with Crippen LogP contribution in [0.5, 0.6) is 0 Å². The Morgan fingerprint density at radius 2 is 2.20 bits per heavy atom. The van der Waals surface area contributed by atoms with Gasteiger partial charge >= 0.3 is 6.18 Å². The quantitative estimate of drug-likeness (QED) is 0.806. The van der Waals surface area contributed by atoms with E-state index in [4.69, 9.17) is 0 Å². The predicted octanol–water partition coefficient (Wildman–Crippen LogP) is 1.93. The van der Waals surface area contributed by atoms with Gasteiger partial charge in [0.1, 0.15) is 12.2 Å². The van der Waals surface area contributed by atoms with Gasteiger partial charge in [-0.3, -0.25) is 0 Å². The number of H-pyrrole nitrogens is 1. The van der Waals surface area contributed by atoms with Crippen molar-refractivity contribution in [3.63, 3.8) is 0 Å². The summed E-state index contributed by atoms with van der Waals surface area (Å²) in [5.74, 6) is -0.0396. The molecular formula is C8H7F3N4. The van der Waals surface area contributed by atoms with Gasteiger partial charge in [0.25, 0.3) is 0 Å². The molecule has 2 aromatic rings. The minimum absolute atomic E-state index is 0.0396. The molecule has 0 saturated carbocycles. The lowest BCUT2D eigenvalue weighted by molar-refractivity contribution is -0.115. The van der Waals surface area contributed by atoms with Crippen molar-refractivity contribution < 1.29 is 13.2 Å². The molecule has 7 heteroatoms. The van der Waals surface area contributed by atoms with E-state index >= 15 is 0 Å². The first-order valence-corrected chi connectivity index (χ1v) is 4.15. The molecule has 0 fully saturated rings. The van der Waals surface area contributed by atoms with E-state index < -0.39 is 12.7 Å². The van der Waals surface area contributed by atoms with E-state index in [1.54, 1.807) is 12.3 Å². The van der Waals surface area contributed by atoms with Gasteiger partial charge in [0, 0.05) is 17.8 Å². The first kappa shape index (κ1) is 9.75. The van der Waals surface area contributed by atoms with Crippen molar-refractivity contribution in [3.8, 4) is 0 Å². The Bertz CT molecular complexity index is 462. The summed E-state index contributed by atoms with van der Waals surface area (Å²) in [6, 6.07) is 1.74. The van der Waals surface area contributed by atoms with Crippen LogP contribution >= 0.6 is 0 Å². The molecule has 0 radical (unpaired) electrons. The summed E-state index contributed by atoms with van der Waals surface area (Å²) in [4.78, 5) is 10.4. The van der Waals surface area contributed by atoms with E-state index in [-0.39, 0.29) is 5.95 Å². The van der Waals surface area contributed by atoms with Gasteiger partial charge in [-0.25, -0.2) is 4.98 Å². The van der Waals surface area contributed by atoms with E-state index in [0.717, 1.165) is 5.39 Å². The second kappa shape index (κ2) is 3.41. The van der Waals surface area contributed by atoms with Gasteiger partial charge in [0.05, 0.1) is 0 Å². The topological polar surface area (TPSA) is 53.6 Å². The molecule has 80 valence electrons. The van der Waals surface area contributed by atoms with Crippen LogP contribution in [0.1, 0.15) is 0 Å². The molecule has 15 heavy (non-hydrogen) atoms. The zero-order valence-corrected chi connectivity index (χ0v) is 7.47. The highest BCUT2D eigenvalue weighted by Crippen LogP contribution is 2.15. The molecule has 0 amide bonds. The SMILES string of the molecule is FC(F)(F)CNc1ncc2cc[nH]c2n1. The van der Waals surface area contributed by atoms with Gasteiger partial charge in [-0.2, -0.15) is 18.2 Å². The zero-order chi connectivity index (χ0) is 10.9. The van der Waals surface area contributed by atoms with Crippen LogP contribution in [0, 0.1) is 0 Å². The van der Waals surface area contributed by atoms with Gasteiger partial charge in [-0.05, 0) is 6.07 Å². The lowest BCUT2D eigenvalue weighted by Crippen LogP contribution is -2.22. The van der Waals surface area contributed by atoms with E-state index in [9.17, 15) is 13.2 Å². The molecule has 0 aliphatic carbocycles. The van der Waals surface area contributed by atoms with Crippen molar-refractivity contribution in [1.29, 1.82) is 0 Å². The summed E-state index contributed by atoms with van der Waals surface area (Å²) in [7, 11) is 0. The van der Waals surface area contributed by atoms with Crippen LogP contribution in [0.3, 0.4) is 0 Å². The molecular weight excluding hydrogens is 209 g/mol. The Kier molecular flexibility index (Phi) is 2.22. The Balaban J connectivity index is 2.15. The summed E-state index contributed by atoms with van der Waals surface area (Å²) >= 11 is 0. The molecule has 0 unspecified atom stereocenters. The van der Waals surface area contributed by atoms with Crippen molar-refractivity contribution in [2.45, 2.75) is 6.18 Å². The molecule has 4 nitrogen and oxygen atoms in total. The average molecular weight is 216 g/mol. The van der Waals surface area contributed by atoms with Crippen molar-refractivity contribution in [2.24, 2.45) is 0 Å². The maximum Gasteiger partial charge on any atom is 0.405 e. The Morgan fingerprint density at radius 1 is 1.40 bits per heavy atom. The molecule has 0 bridgehead atoms. The Labute approximate surface area is 82.5 Å². The first-order valence-electron chi connectivity index (χ1n) is 4.15. The third kappa shape index (κ3) is 2.36. The van der Waals surface area contributed by atoms with Gasteiger partial charge in [0.15, 0.2) is 0 Å². The minimum atomic E-state index is -4.27. The summed E-state index contributed by atoms with van der Waals surface area (Å²) in [6.45, 7) is -1.14. The maximum atomic E-state index is 11.9. The highest BCUT2D eigenvalue weighted by molar-refractivity contribution is 5.75. The predicted molar refractivity (Wildman–Crippen MR) is 48.4 cm³/mol. The summed E-state index contributed by atoms with van der Waals surface area (Å²) in [5.41, 5.74) is 0.509. The highest BCUT2D eigenvalue weighted by Gasteiger charge is 2.27. The van der Waals surface area contributed by atoms with Crippen LogP contribution in [0.4, 0.5) is 19.1 Å². The fourth-order valence-corrected chi connectivity index (χ4v) is 1.10. The number of hydrogen-bond acceptors (Lipinski definition) is 3. The van der Waals surface area contributed by atoms with Crippen molar-refractivity contribution >= 4 is 17.0 Å². The summed E-state index contributed by atoms with van der Waals surface area (Å²) < 4.78 is 35.6. The minimum Gasteiger partial charge on any atom is -0.346 e. The number of hydrogen-bond donors (Lipinski definition) is 2. The molecule has 0 aliphatic rings. The Morgan fingerprint density at radius 3 is 2.93 bits per heavy atom. The number of alkyl halides is 3. The molecule has 2 rings (SSSR count). The largest absolute Gasteiger partial charge is 0.405 e. The van der Waals surface area contributed by atoms with E-state index in [2.05, 4.69) is 20.3 Å². The van der Waals surface area contributed by atoms with Crippen LogP contribution in [0.15, 0.2) is 18.5 Å². The van der Waals surface area contributed by atoms with Crippen molar-refractivity contribution in [1.82, 2.24) is 15.0 Å². The van der Waals surface area contributed by atoms with E-state index in [0.29, 0.717) is 5.65 Å². The molecule has 0 aromatic carbocycles. The smallest absolute Gasteiger partial charge is 0.346 e. The van der Waals surface area contributed by atoms with Gasteiger partial charge in [-0.1, -0.05) is 0 Å². The van der Waals surface area contributed by atoms with Crippen LogP contribution in [0.2, 0.25) is 0 Å². The summed E-state index contributed by atoms with van der Waals surface area (Å²) in [6.07, 6.45) is -1.17. The molecule has 0 spiro atoms. The van der Waals surface area contributed by atoms with E-state index in [1.165, 1.54) is 6.20 Å². The second-order valence-corrected chi connectivity index (χ2v) is 2.94. The standard InChI is InChI=1S/C8H7F3N4/c9-8(10,11)4-14-7-13-3-5-1-2-12-6(5)15-7/h1-3H,4H2,(H2,12,13,14,15). The number of fused-ring (bicyclic) bond motifs is 1. The number of nitrogens with one attached hydrogen (secondary N) is 2. The zero-order valence-electron chi connectivity index (χ0n) is 7.47. The summed E-state index contributed by atoms with van der Waals surface area (Å²) in [5, 5.41) is 2.86. The van der Waals surface area contributed by atoms with Crippen LogP contribution < -0.4 is 5.32 Å². The fraction of sp³-hybridized carbons (Fsp3) is 0.250. The normalized spacial score (nSPS) is 11.9. The highest BCUT2D eigenvalue weighted by atomic mass is 19.4. The third-order valence-corrected chi connectivity index (χ3v) is 1.75. The molecule has 2 N–H and O–H groups in total. The number of halogens is 3. The lowest BCUT2D eigenvalue weighted by Gasteiger charge is -2.07. The molecule has 0 saturated heterocycles. The van der Waals surface area contributed by atoms with Crippen LogP contribution in [-0.4, -0.2) is 27.7 Å². The number of rotatable bonds is 2. The Hall–Kier alpha value is -1.79. The van der Waals surface area contributed by atoms with E-state index in [1.807, 2.05) is 0 Å². The average Bonchev–Trinajstić information content (AvgIpc) is 2.60. The first-order chi connectivity index (χ1) is 7.04. The van der Waals surface area contributed by atoms with Gasteiger partial charge in [-0.15, -0.1) is 0 Å². The molecule has 2 aromatic heterocycles. The van der Waals surface area contributed by atoms with Crippen molar-refractivity contribution in [2.75, 3.05) is 11.9 Å². The molecule has 0 atom stereocenters. The fourth-order valence-electron chi connectivity index (χ4n) is 1.10. The van der Waals surface area contributed by atoms with Gasteiger partial charge in [0.2, 0.25) is 5.95 Å². The molecule has 0 aliphatic heterocycles.